The summed E-state index contributed by atoms with van der Waals surface area (Å²) >= 11 is 5.78. The summed E-state index contributed by atoms with van der Waals surface area (Å²) in [6.45, 7) is 3.62. The van der Waals surface area contributed by atoms with E-state index in [-0.39, 0.29) is 34.0 Å². The van der Waals surface area contributed by atoms with Crippen LogP contribution in [0.25, 0.3) is 0 Å². The number of nitrogens with two attached hydrogens (primary N) is 1. The van der Waals surface area contributed by atoms with E-state index in [1.807, 2.05) is 13.8 Å². The molecule has 0 radical (unpaired) electrons. The Bertz CT molecular complexity index is 570. The Hall–Kier alpha value is -1.27. The number of anilines is 1. The number of halogens is 1. The van der Waals surface area contributed by atoms with E-state index in [2.05, 4.69) is 5.32 Å². The molecule has 3 N–H and O–H groups in total. The number of nitrogens with one attached hydrogen (secondary N) is 1. The molecule has 5 nitrogen and oxygen atoms in total. The number of nitrogen functional groups attached to an aromatic ring is 1. The summed E-state index contributed by atoms with van der Waals surface area (Å²) in [6, 6.07) is 4.11. The number of rotatable bonds is 5. The van der Waals surface area contributed by atoms with Crippen LogP contribution in [0.2, 0.25) is 5.02 Å². The Morgan fingerprint density at radius 3 is 2.58 bits per heavy atom. The van der Waals surface area contributed by atoms with Gasteiger partial charge in [-0.2, -0.15) is 0 Å². The molecule has 19 heavy (non-hydrogen) atoms. The number of carbonyl (C=O) groups excluding carboxylic acids is 1. The lowest BCUT2D eigenvalue weighted by Gasteiger charge is -2.09. The van der Waals surface area contributed by atoms with Gasteiger partial charge < -0.3 is 11.1 Å². The van der Waals surface area contributed by atoms with E-state index in [0.29, 0.717) is 5.69 Å². The zero-order valence-electron chi connectivity index (χ0n) is 10.8. The third kappa shape index (κ3) is 4.72. The molecule has 1 amide bonds. The Morgan fingerprint density at radius 1 is 1.42 bits per heavy atom. The van der Waals surface area contributed by atoms with Crippen LogP contribution in [0.3, 0.4) is 0 Å². The molecule has 7 heteroatoms. The topological polar surface area (TPSA) is 89.3 Å². The summed E-state index contributed by atoms with van der Waals surface area (Å²) in [5, 5.41) is 2.83. The first-order valence-corrected chi connectivity index (χ1v) is 7.82. The van der Waals surface area contributed by atoms with Crippen molar-refractivity contribution in [2.24, 2.45) is 0 Å². The largest absolute Gasteiger partial charge is 0.398 e. The van der Waals surface area contributed by atoms with Crippen LogP contribution in [0, 0.1) is 0 Å². The number of sulfone groups is 1. The molecule has 0 heterocycles. The maximum Gasteiger partial charge on any atom is 0.221 e. The maximum absolute atomic E-state index is 12.0. The standard InChI is InChI=1S/C12H17ClN2O3S/c1-8(2)15-12(16)5-6-19(17,18)9-3-4-11(14)10(13)7-9/h3-4,7-8H,5-6,14H2,1-2H3,(H,15,16). The quantitative estimate of drug-likeness (QED) is 0.809. The smallest absolute Gasteiger partial charge is 0.221 e. The Labute approximate surface area is 118 Å². The average Bonchev–Trinajstić information content (AvgIpc) is 2.29. The van der Waals surface area contributed by atoms with E-state index in [0.717, 1.165) is 0 Å². The lowest BCUT2D eigenvalue weighted by Crippen LogP contribution is -2.31. The van der Waals surface area contributed by atoms with Gasteiger partial charge in [0.1, 0.15) is 0 Å². The second kappa shape index (κ2) is 6.25. The highest BCUT2D eigenvalue weighted by atomic mass is 35.5. The summed E-state index contributed by atoms with van der Waals surface area (Å²) in [4.78, 5) is 11.5. The van der Waals surface area contributed by atoms with Gasteiger partial charge in [-0.05, 0) is 32.0 Å². The monoisotopic (exact) mass is 304 g/mol. The van der Waals surface area contributed by atoms with Gasteiger partial charge in [-0.3, -0.25) is 4.79 Å². The molecule has 0 saturated carbocycles. The van der Waals surface area contributed by atoms with Crippen molar-refractivity contribution in [1.82, 2.24) is 5.32 Å². The van der Waals surface area contributed by atoms with Crippen LogP contribution in [0.15, 0.2) is 23.1 Å². The predicted molar refractivity (Wildman–Crippen MR) is 75.8 cm³/mol. The summed E-state index contributed by atoms with van der Waals surface area (Å²) < 4.78 is 24.0. The molecule has 0 aliphatic heterocycles. The van der Waals surface area contributed by atoms with Crippen molar-refractivity contribution in [3.63, 3.8) is 0 Å². The predicted octanol–water partition coefficient (Wildman–Crippen LogP) is 1.61. The maximum atomic E-state index is 12.0. The second-order valence-electron chi connectivity index (χ2n) is 4.47. The SMILES string of the molecule is CC(C)NC(=O)CCS(=O)(=O)c1ccc(N)c(Cl)c1. The summed E-state index contributed by atoms with van der Waals surface area (Å²) in [7, 11) is -3.53. The van der Waals surface area contributed by atoms with Crippen LogP contribution in [-0.4, -0.2) is 26.1 Å². The number of hydrogen-bond donors (Lipinski definition) is 2. The molecule has 0 saturated heterocycles. The van der Waals surface area contributed by atoms with Gasteiger partial charge in [0.05, 0.1) is 21.4 Å². The number of hydrogen-bond acceptors (Lipinski definition) is 4. The van der Waals surface area contributed by atoms with Crippen LogP contribution in [-0.2, 0) is 14.6 Å². The molecule has 0 fully saturated rings. The van der Waals surface area contributed by atoms with Crippen LogP contribution < -0.4 is 11.1 Å². The minimum atomic E-state index is -3.53. The fourth-order valence-electron chi connectivity index (χ4n) is 1.44. The van der Waals surface area contributed by atoms with E-state index in [1.165, 1.54) is 18.2 Å². The highest BCUT2D eigenvalue weighted by Crippen LogP contribution is 2.23. The van der Waals surface area contributed by atoms with Gasteiger partial charge in [0.25, 0.3) is 0 Å². The zero-order chi connectivity index (χ0) is 14.6. The average molecular weight is 305 g/mol. The van der Waals surface area contributed by atoms with E-state index in [4.69, 9.17) is 17.3 Å². The van der Waals surface area contributed by atoms with Gasteiger partial charge in [-0.15, -0.1) is 0 Å². The van der Waals surface area contributed by atoms with Gasteiger partial charge in [-0.25, -0.2) is 8.42 Å². The minimum Gasteiger partial charge on any atom is -0.398 e. The fourth-order valence-corrected chi connectivity index (χ4v) is 2.95. The number of amides is 1. The molecule has 106 valence electrons. The van der Waals surface area contributed by atoms with E-state index in [1.54, 1.807) is 0 Å². The first-order valence-electron chi connectivity index (χ1n) is 5.79. The highest BCUT2D eigenvalue weighted by Gasteiger charge is 2.17. The normalized spacial score (nSPS) is 11.6. The van der Waals surface area contributed by atoms with Crippen LogP contribution in [0.5, 0.6) is 0 Å². The molecule has 0 aromatic heterocycles. The van der Waals surface area contributed by atoms with Gasteiger partial charge in [0, 0.05) is 12.5 Å². The fraction of sp³-hybridized carbons (Fsp3) is 0.417. The van der Waals surface area contributed by atoms with Crippen molar-refractivity contribution < 1.29 is 13.2 Å². The number of benzene rings is 1. The molecule has 1 rings (SSSR count). The molecule has 0 unspecified atom stereocenters. The highest BCUT2D eigenvalue weighted by molar-refractivity contribution is 7.91. The van der Waals surface area contributed by atoms with E-state index < -0.39 is 9.84 Å². The van der Waals surface area contributed by atoms with Gasteiger partial charge in [-0.1, -0.05) is 11.6 Å². The summed E-state index contributed by atoms with van der Waals surface area (Å²) in [5.41, 5.74) is 5.84. The van der Waals surface area contributed by atoms with Crippen molar-refractivity contribution in [1.29, 1.82) is 0 Å². The molecule has 0 aliphatic rings. The van der Waals surface area contributed by atoms with Crippen molar-refractivity contribution >= 4 is 33.0 Å². The van der Waals surface area contributed by atoms with Crippen molar-refractivity contribution in [3.8, 4) is 0 Å². The van der Waals surface area contributed by atoms with Crippen LogP contribution in [0.4, 0.5) is 5.69 Å². The Morgan fingerprint density at radius 2 is 2.05 bits per heavy atom. The third-order valence-corrected chi connectivity index (χ3v) is 4.42. The molecule has 0 atom stereocenters. The van der Waals surface area contributed by atoms with Crippen molar-refractivity contribution in [3.05, 3.63) is 23.2 Å². The zero-order valence-corrected chi connectivity index (χ0v) is 12.4. The first-order chi connectivity index (χ1) is 8.72. The van der Waals surface area contributed by atoms with Gasteiger partial charge in [0.15, 0.2) is 9.84 Å². The van der Waals surface area contributed by atoms with E-state index >= 15 is 0 Å². The van der Waals surface area contributed by atoms with E-state index in [9.17, 15) is 13.2 Å². The minimum absolute atomic E-state index is 0.0128. The molecule has 1 aromatic rings. The molecule has 0 spiro atoms. The third-order valence-electron chi connectivity index (χ3n) is 2.38. The first kappa shape index (κ1) is 15.8. The Kier molecular flexibility index (Phi) is 5.20. The molecule has 0 bridgehead atoms. The van der Waals surface area contributed by atoms with Gasteiger partial charge in [0.2, 0.25) is 5.91 Å². The second-order valence-corrected chi connectivity index (χ2v) is 6.99. The molecule has 0 aliphatic carbocycles. The molecular formula is C12H17ClN2O3S. The lowest BCUT2D eigenvalue weighted by molar-refractivity contribution is -0.121. The van der Waals surface area contributed by atoms with Crippen molar-refractivity contribution in [2.45, 2.75) is 31.2 Å². The summed E-state index contributed by atoms with van der Waals surface area (Å²) in [5.74, 6) is -0.550. The van der Waals surface area contributed by atoms with Crippen molar-refractivity contribution in [2.75, 3.05) is 11.5 Å². The van der Waals surface area contributed by atoms with Gasteiger partial charge >= 0.3 is 0 Å². The lowest BCUT2D eigenvalue weighted by atomic mass is 10.3. The molecule has 1 aromatic carbocycles. The number of carbonyl (C=O) groups is 1. The Balaban J connectivity index is 2.76. The molecular weight excluding hydrogens is 288 g/mol. The van der Waals surface area contributed by atoms with Crippen LogP contribution in [0.1, 0.15) is 20.3 Å². The van der Waals surface area contributed by atoms with Crippen LogP contribution >= 0.6 is 11.6 Å². The summed E-state index contributed by atoms with van der Waals surface area (Å²) in [6.07, 6.45) is -0.0808.